The van der Waals surface area contributed by atoms with Crippen molar-refractivity contribution in [1.82, 2.24) is 14.8 Å². The molecule has 29 heavy (non-hydrogen) atoms. The van der Waals surface area contributed by atoms with Gasteiger partial charge < -0.3 is 14.8 Å². The van der Waals surface area contributed by atoms with Gasteiger partial charge in [0, 0.05) is 38.4 Å². The van der Waals surface area contributed by atoms with Crippen LogP contribution in [0.2, 0.25) is 0 Å². The quantitative estimate of drug-likeness (QED) is 0.628. The van der Waals surface area contributed by atoms with Crippen LogP contribution >= 0.6 is 0 Å². The predicted octanol–water partition coefficient (Wildman–Crippen LogP) is 2.51. The van der Waals surface area contributed by atoms with E-state index < -0.39 is 5.91 Å². The van der Waals surface area contributed by atoms with Gasteiger partial charge in [-0.3, -0.25) is 14.6 Å². The number of amides is 1. The lowest BCUT2D eigenvalue weighted by Gasteiger charge is -2.34. The summed E-state index contributed by atoms with van der Waals surface area (Å²) in [5.74, 6) is -0.281. The van der Waals surface area contributed by atoms with E-state index in [0.29, 0.717) is 24.7 Å². The topological polar surface area (TPSA) is 81.8 Å². The summed E-state index contributed by atoms with van der Waals surface area (Å²) < 4.78 is 18.4. The van der Waals surface area contributed by atoms with Crippen molar-refractivity contribution in [1.29, 1.82) is 0 Å². The molecule has 7 nitrogen and oxygen atoms in total. The summed E-state index contributed by atoms with van der Waals surface area (Å²) in [6.45, 7) is 8.29. The minimum atomic E-state index is -0.398. The summed E-state index contributed by atoms with van der Waals surface area (Å²) in [5.41, 5.74) is 0.681. The summed E-state index contributed by atoms with van der Waals surface area (Å²) in [5, 5.41) is 12.7. The Morgan fingerprint density at radius 3 is 2.66 bits per heavy atom. The molecule has 1 fully saturated rings. The molecule has 0 spiro atoms. The van der Waals surface area contributed by atoms with Crippen LogP contribution in [0.4, 0.5) is 10.1 Å². The average Bonchev–Trinajstić information content (AvgIpc) is 3.18. The Morgan fingerprint density at radius 1 is 1.28 bits per heavy atom. The van der Waals surface area contributed by atoms with E-state index in [4.69, 9.17) is 4.42 Å². The summed E-state index contributed by atoms with van der Waals surface area (Å²) in [6.07, 6.45) is 4.39. The molecule has 0 bridgehead atoms. The fraction of sp³-hybridized carbons (Fsp3) is 0.429. The number of aliphatic hydroxyl groups excluding tert-OH is 1. The third-order valence-electron chi connectivity index (χ3n) is 4.88. The Balaban J connectivity index is 1.44. The van der Waals surface area contributed by atoms with E-state index in [2.05, 4.69) is 26.7 Å². The number of β-amino-alcohol motifs (C(OH)–C–C–N with tert-alkyl or cyclic N) is 1. The van der Waals surface area contributed by atoms with Gasteiger partial charge in [-0.1, -0.05) is 6.08 Å². The first-order valence-corrected chi connectivity index (χ1v) is 9.78. The number of carbonyl (C=O) groups excluding carboxylic acids is 1. The molecular weight excluding hydrogens is 375 g/mol. The van der Waals surface area contributed by atoms with Crippen LogP contribution in [0, 0.1) is 5.82 Å². The van der Waals surface area contributed by atoms with E-state index in [1.807, 2.05) is 6.08 Å². The monoisotopic (exact) mass is 402 g/mol. The lowest BCUT2D eigenvalue weighted by molar-refractivity contribution is 0.0642. The smallest absolute Gasteiger partial charge is 0.277 e. The maximum absolute atomic E-state index is 12.9. The van der Waals surface area contributed by atoms with Gasteiger partial charge in [0.1, 0.15) is 12.1 Å². The van der Waals surface area contributed by atoms with E-state index in [1.165, 1.54) is 30.5 Å². The zero-order chi connectivity index (χ0) is 20.6. The Bertz CT molecular complexity index is 801. The van der Waals surface area contributed by atoms with Crippen LogP contribution in [0.1, 0.15) is 29.2 Å². The maximum atomic E-state index is 12.9. The first-order chi connectivity index (χ1) is 14.0. The molecule has 1 aromatic carbocycles. The number of carbonyl (C=O) groups is 1. The number of benzene rings is 1. The van der Waals surface area contributed by atoms with Gasteiger partial charge in [0.05, 0.1) is 12.6 Å². The van der Waals surface area contributed by atoms with E-state index >= 15 is 0 Å². The van der Waals surface area contributed by atoms with Crippen molar-refractivity contribution < 1.29 is 18.7 Å². The second-order valence-electron chi connectivity index (χ2n) is 7.18. The summed E-state index contributed by atoms with van der Waals surface area (Å²) in [4.78, 5) is 21.0. The molecule has 1 saturated heterocycles. The second-order valence-corrected chi connectivity index (χ2v) is 7.18. The molecule has 8 heteroatoms. The highest BCUT2D eigenvalue weighted by Crippen LogP contribution is 2.13. The molecule has 2 heterocycles. The number of anilines is 1. The molecule has 1 aliphatic heterocycles. The Morgan fingerprint density at radius 2 is 1.97 bits per heavy atom. The minimum absolute atomic E-state index is 0.188. The molecular formula is C21H27FN4O3. The molecule has 1 aromatic heterocycles. The van der Waals surface area contributed by atoms with Crippen LogP contribution in [-0.4, -0.2) is 64.6 Å². The fourth-order valence-electron chi connectivity index (χ4n) is 3.24. The van der Waals surface area contributed by atoms with E-state index in [1.54, 1.807) is 0 Å². The highest BCUT2D eigenvalue weighted by atomic mass is 19.1. The lowest BCUT2D eigenvalue weighted by atomic mass is 10.1. The molecule has 0 saturated carbocycles. The van der Waals surface area contributed by atoms with Crippen LogP contribution in [0.3, 0.4) is 0 Å². The number of nitrogens with one attached hydrogen (secondary N) is 1. The molecule has 0 aliphatic carbocycles. The number of hydrogen-bond donors (Lipinski definition) is 2. The SMILES string of the molecule is C=CCC[C@@H](O)CN1CCN(Cc2nc(C(=O)Nc3ccc(F)cc3)co2)CC1. The molecule has 2 N–H and O–H groups in total. The van der Waals surface area contributed by atoms with Gasteiger partial charge in [0.15, 0.2) is 5.69 Å². The fourth-order valence-corrected chi connectivity index (χ4v) is 3.24. The van der Waals surface area contributed by atoms with Crippen LogP contribution in [0.5, 0.6) is 0 Å². The average molecular weight is 402 g/mol. The zero-order valence-corrected chi connectivity index (χ0v) is 16.4. The number of rotatable bonds is 9. The van der Waals surface area contributed by atoms with Crippen molar-refractivity contribution in [3.05, 3.63) is 60.6 Å². The molecule has 1 atom stereocenters. The van der Waals surface area contributed by atoms with Gasteiger partial charge in [-0.25, -0.2) is 9.37 Å². The Kier molecular flexibility index (Phi) is 7.51. The van der Waals surface area contributed by atoms with Crippen molar-refractivity contribution in [3.8, 4) is 0 Å². The van der Waals surface area contributed by atoms with Crippen LogP contribution in [0.15, 0.2) is 47.6 Å². The minimum Gasteiger partial charge on any atom is -0.447 e. The second kappa shape index (κ2) is 10.3. The van der Waals surface area contributed by atoms with E-state index in [-0.39, 0.29) is 17.6 Å². The van der Waals surface area contributed by atoms with Crippen molar-refractivity contribution in [2.24, 2.45) is 0 Å². The van der Waals surface area contributed by atoms with Crippen LogP contribution in [-0.2, 0) is 6.54 Å². The first-order valence-electron chi connectivity index (χ1n) is 9.78. The van der Waals surface area contributed by atoms with E-state index in [9.17, 15) is 14.3 Å². The van der Waals surface area contributed by atoms with Gasteiger partial charge in [-0.2, -0.15) is 0 Å². The zero-order valence-electron chi connectivity index (χ0n) is 16.4. The van der Waals surface area contributed by atoms with Crippen LogP contribution < -0.4 is 5.32 Å². The molecule has 0 radical (unpaired) electrons. The maximum Gasteiger partial charge on any atom is 0.277 e. The third kappa shape index (κ3) is 6.49. The Hall–Kier alpha value is -2.55. The van der Waals surface area contributed by atoms with Gasteiger partial charge in [-0.15, -0.1) is 6.58 Å². The number of allylic oxidation sites excluding steroid dienone is 1. The summed E-state index contributed by atoms with van der Waals surface area (Å²) >= 11 is 0. The summed E-state index contributed by atoms with van der Waals surface area (Å²) in [7, 11) is 0. The first kappa shape index (κ1) is 21.2. The van der Waals surface area contributed by atoms with Gasteiger partial charge >= 0.3 is 0 Å². The highest BCUT2D eigenvalue weighted by Gasteiger charge is 2.21. The molecule has 1 amide bonds. The lowest BCUT2D eigenvalue weighted by Crippen LogP contribution is -2.48. The van der Waals surface area contributed by atoms with Gasteiger partial charge in [0.2, 0.25) is 5.89 Å². The number of piperazine rings is 1. The number of nitrogens with zero attached hydrogens (tertiary/aromatic N) is 3. The molecule has 2 aromatic rings. The highest BCUT2D eigenvalue weighted by molar-refractivity contribution is 6.02. The van der Waals surface area contributed by atoms with Gasteiger partial charge in [-0.05, 0) is 37.1 Å². The number of halogens is 1. The van der Waals surface area contributed by atoms with Crippen molar-refractivity contribution in [3.63, 3.8) is 0 Å². The predicted molar refractivity (Wildman–Crippen MR) is 108 cm³/mol. The van der Waals surface area contributed by atoms with E-state index in [0.717, 1.165) is 39.0 Å². The Labute approximate surface area is 169 Å². The van der Waals surface area contributed by atoms with Crippen LogP contribution in [0.25, 0.3) is 0 Å². The molecule has 1 aliphatic rings. The van der Waals surface area contributed by atoms with Crippen molar-refractivity contribution in [2.45, 2.75) is 25.5 Å². The van der Waals surface area contributed by atoms with Gasteiger partial charge in [0.25, 0.3) is 5.91 Å². The standard InChI is InChI=1S/C21H27FN4O3/c1-2-3-4-18(27)13-25-9-11-26(12-10-25)14-20-24-19(15-29-20)21(28)23-17-7-5-16(22)6-8-17/h2,5-8,15,18,27H,1,3-4,9-14H2,(H,23,28)/t18-/m1/s1. The largest absolute Gasteiger partial charge is 0.447 e. The number of hydrogen-bond acceptors (Lipinski definition) is 6. The van der Waals surface area contributed by atoms with Crippen molar-refractivity contribution in [2.75, 3.05) is 38.0 Å². The molecule has 156 valence electrons. The number of aliphatic hydroxyl groups is 1. The molecule has 0 unspecified atom stereocenters. The number of aromatic nitrogens is 1. The van der Waals surface area contributed by atoms with Crippen molar-refractivity contribution >= 4 is 11.6 Å². The third-order valence-corrected chi connectivity index (χ3v) is 4.88. The number of oxazole rings is 1. The normalized spacial score (nSPS) is 16.5. The molecule has 3 rings (SSSR count). The summed E-state index contributed by atoms with van der Waals surface area (Å²) in [6, 6.07) is 5.54.